The van der Waals surface area contributed by atoms with Crippen molar-refractivity contribution in [2.45, 2.75) is 30.6 Å². The van der Waals surface area contributed by atoms with E-state index < -0.39 is 27.3 Å². The van der Waals surface area contributed by atoms with Crippen molar-refractivity contribution in [2.75, 3.05) is 12.3 Å². The molecule has 1 heterocycles. The normalized spacial score (nSPS) is 41.8. The zero-order chi connectivity index (χ0) is 15.4. The Kier molecular flexibility index (Phi) is 3.16. The molecule has 3 fully saturated rings. The van der Waals surface area contributed by atoms with E-state index in [2.05, 4.69) is 11.9 Å². The number of amides is 1. The van der Waals surface area contributed by atoms with E-state index in [0.717, 1.165) is 12.5 Å². The summed E-state index contributed by atoms with van der Waals surface area (Å²) in [7, 11) is -3.04. The van der Waals surface area contributed by atoms with Crippen molar-refractivity contribution in [3.63, 3.8) is 0 Å². The van der Waals surface area contributed by atoms with Crippen molar-refractivity contribution >= 4 is 21.7 Å². The fraction of sp³-hybridized carbons (Fsp3) is 0.714. The van der Waals surface area contributed by atoms with Crippen LogP contribution in [-0.4, -0.2) is 43.4 Å². The third kappa shape index (κ3) is 2.09. The summed E-state index contributed by atoms with van der Waals surface area (Å²) in [5, 5.41) is 2.14. The minimum Gasteiger partial charge on any atom is -0.457 e. The number of ether oxygens (including phenoxy) is 1. The highest BCUT2D eigenvalue weighted by atomic mass is 32.2. The first kappa shape index (κ1) is 14.6. The number of sulfone groups is 1. The van der Waals surface area contributed by atoms with Crippen LogP contribution >= 0.6 is 0 Å². The first-order valence-corrected chi connectivity index (χ1v) is 8.83. The maximum atomic E-state index is 12.1. The molecule has 2 bridgehead atoms. The van der Waals surface area contributed by atoms with E-state index in [4.69, 9.17) is 4.74 Å². The molecule has 0 spiro atoms. The molecule has 0 radical (unpaired) electrons. The zero-order valence-electron chi connectivity index (χ0n) is 11.9. The summed E-state index contributed by atoms with van der Waals surface area (Å²) in [6.07, 6.45) is 2.49. The summed E-state index contributed by atoms with van der Waals surface area (Å²) in [5.41, 5.74) is -0.722. The fourth-order valence-electron chi connectivity index (χ4n) is 4.40. The highest BCUT2D eigenvalue weighted by molar-refractivity contribution is 7.92. The summed E-state index contributed by atoms with van der Waals surface area (Å²) in [6, 6.07) is 0. The number of carbonyl (C=O) groups is 2. The molecule has 2 saturated carbocycles. The number of hydrogen-bond acceptors (Lipinski definition) is 5. The van der Waals surface area contributed by atoms with Gasteiger partial charge in [0, 0.05) is 11.8 Å². The maximum Gasteiger partial charge on any atom is 0.325 e. The van der Waals surface area contributed by atoms with E-state index in [-0.39, 0.29) is 35.3 Å². The van der Waals surface area contributed by atoms with Gasteiger partial charge in [0.1, 0.15) is 12.1 Å². The lowest BCUT2D eigenvalue weighted by Crippen LogP contribution is -2.47. The minimum atomic E-state index is -3.04. The van der Waals surface area contributed by atoms with E-state index in [1.54, 1.807) is 0 Å². The smallest absolute Gasteiger partial charge is 0.325 e. The summed E-state index contributed by atoms with van der Waals surface area (Å²) in [4.78, 5) is 23.0. The molecule has 5 atom stereocenters. The van der Waals surface area contributed by atoms with Gasteiger partial charge in [-0.2, -0.15) is 0 Å². The van der Waals surface area contributed by atoms with Crippen molar-refractivity contribution in [1.82, 2.24) is 5.32 Å². The Labute approximate surface area is 123 Å². The van der Waals surface area contributed by atoms with Crippen LogP contribution < -0.4 is 5.32 Å². The number of esters is 1. The number of nitrogens with one attached hydrogen (secondary N) is 1. The van der Waals surface area contributed by atoms with E-state index in [1.807, 2.05) is 6.92 Å². The first-order chi connectivity index (χ1) is 9.78. The second kappa shape index (κ2) is 4.56. The third-order valence-electron chi connectivity index (χ3n) is 5.41. The highest BCUT2D eigenvalue weighted by Crippen LogP contribution is 2.62. The van der Waals surface area contributed by atoms with Crippen LogP contribution in [0.1, 0.15) is 19.8 Å². The Bertz CT molecular complexity index is 613. The van der Waals surface area contributed by atoms with Crippen LogP contribution in [0.5, 0.6) is 0 Å². The number of hydrogen-bond donors (Lipinski definition) is 1. The molecule has 1 N–H and O–H groups in total. The summed E-state index contributed by atoms with van der Waals surface area (Å²) in [6.45, 7) is 4.92. The van der Waals surface area contributed by atoms with Gasteiger partial charge in [-0.05, 0) is 31.8 Å². The molecule has 1 amide bonds. The maximum absolute atomic E-state index is 12.1. The SMILES string of the molecule is C=CC(=O)NCC(=O)OC1(C)C2CC3C1CS(=O)(=O)C3C2. The summed E-state index contributed by atoms with van der Waals surface area (Å²) >= 11 is 0. The van der Waals surface area contributed by atoms with Crippen LogP contribution in [-0.2, 0) is 24.2 Å². The van der Waals surface area contributed by atoms with Gasteiger partial charge in [-0.15, -0.1) is 0 Å². The van der Waals surface area contributed by atoms with Crippen LogP contribution in [0, 0.1) is 17.8 Å². The topological polar surface area (TPSA) is 89.5 Å². The lowest BCUT2D eigenvalue weighted by molar-refractivity contribution is -0.167. The molecule has 6 nitrogen and oxygen atoms in total. The Morgan fingerprint density at radius 1 is 1.43 bits per heavy atom. The van der Waals surface area contributed by atoms with Gasteiger partial charge in [-0.25, -0.2) is 8.42 Å². The molecule has 7 heteroatoms. The average molecular weight is 313 g/mol. The largest absolute Gasteiger partial charge is 0.457 e. The van der Waals surface area contributed by atoms with Crippen molar-refractivity contribution in [1.29, 1.82) is 0 Å². The van der Waals surface area contributed by atoms with E-state index in [1.165, 1.54) is 0 Å². The predicted octanol–water partition coefficient (Wildman–Crippen LogP) is 0.0435. The van der Waals surface area contributed by atoms with E-state index >= 15 is 0 Å². The van der Waals surface area contributed by atoms with Crippen LogP contribution in [0.2, 0.25) is 0 Å². The average Bonchev–Trinajstić information content (AvgIpc) is 3.01. The van der Waals surface area contributed by atoms with Crippen molar-refractivity contribution in [3.8, 4) is 0 Å². The second-order valence-corrected chi connectivity index (χ2v) is 8.65. The van der Waals surface area contributed by atoms with Crippen LogP contribution in [0.15, 0.2) is 12.7 Å². The molecule has 5 unspecified atom stereocenters. The van der Waals surface area contributed by atoms with Gasteiger partial charge in [-0.3, -0.25) is 9.59 Å². The Balaban J connectivity index is 1.70. The van der Waals surface area contributed by atoms with Gasteiger partial charge in [0.05, 0.1) is 11.0 Å². The lowest BCUT2D eigenvalue weighted by atomic mass is 9.77. The molecule has 1 saturated heterocycles. The number of rotatable bonds is 4. The van der Waals surface area contributed by atoms with Crippen LogP contribution in [0.25, 0.3) is 0 Å². The van der Waals surface area contributed by atoms with Crippen LogP contribution in [0.4, 0.5) is 0 Å². The summed E-state index contributed by atoms with van der Waals surface area (Å²) < 4.78 is 29.8. The lowest BCUT2D eigenvalue weighted by Gasteiger charge is -2.37. The van der Waals surface area contributed by atoms with E-state index in [9.17, 15) is 18.0 Å². The first-order valence-electron chi connectivity index (χ1n) is 7.11. The molecule has 3 aliphatic rings. The monoisotopic (exact) mass is 313 g/mol. The number of fused-ring (bicyclic) bond motifs is 1. The van der Waals surface area contributed by atoms with Gasteiger partial charge in [0.2, 0.25) is 5.91 Å². The quantitative estimate of drug-likeness (QED) is 0.585. The van der Waals surface area contributed by atoms with Gasteiger partial charge in [-0.1, -0.05) is 6.58 Å². The molecule has 21 heavy (non-hydrogen) atoms. The van der Waals surface area contributed by atoms with Gasteiger partial charge in [0.25, 0.3) is 0 Å². The third-order valence-corrected chi connectivity index (χ3v) is 7.70. The fourth-order valence-corrected chi connectivity index (χ4v) is 7.08. The molecule has 0 aromatic carbocycles. The standard InChI is InChI=1S/C14H19NO5S/c1-3-12(16)15-6-13(17)20-14(2)8-4-9-10(14)7-21(18,19)11(9)5-8/h3,8-11H,1,4-7H2,2H3,(H,15,16). The minimum absolute atomic E-state index is 0.105. The molecule has 116 valence electrons. The molecule has 0 aromatic heterocycles. The molecule has 3 rings (SSSR count). The molecular formula is C14H19NO5S. The highest BCUT2D eigenvalue weighted by Gasteiger charge is 2.68. The van der Waals surface area contributed by atoms with Crippen molar-refractivity contribution in [3.05, 3.63) is 12.7 Å². The Morgan fingerprint density at radius 3 is 2.81 bits per heavy atom. The molecule has 2 aliphatic carbocycles. The van der Waals surface area contributed by atoms with Crippen molar-refractivity contribution in [2.24, 2.45) is 17.8 Å². The molecular weight excluding hydrogens is 294 g/mol. The van der Waals surface area contributed by atoms with Gasteiger partial charge in [0.15, 0.2) is 9.84 Å². The second-order valence-electron chi connectivity index (χ2n) is 6.39. The molecule has 1 aliphatic heterocycles. The molecule has 0 aromatic rings. The van der Waals surface area contributed by atoms with Gasteiger partial charge >= 0.3 is 5.97 Å². The summed E-state index contributed by atoms with van der Waals surface area (Å²) in [5.74, 6) is -0.726. The zero-order valence-corrected chi connectivity index (χ0v) is 12.7. The Hall–Kier alpha value is -1.37. The van der Waals surface area contributed by atoms with Gasteiger partial charge < -0.3 is 10.1 Å². The Morgan fingerprint density at radius 2 is 2.14 bits per heavy atom. The predicted molar refractivity (Wildman–Crippen MR) is 75.0 cm³/mol. The number of carbonyl (C=O) groups excluding carboxylic acids is 2. The van der Waals surface area contributed by atoms with Crippen molar-refractivity contribution < 1.29 is 22.7 Å². The van der Waals surface area contributed by atoms with Crippen LogP contribution in [0.3, 0.4) is 0 Å². The van der Waals surface area contributed by atoms with E-state index in [0.29, 0.717) is 6.42 Å².